The van der Waals surface area contributed by atoms with Crippen molar-refractivity contribution in [1.29, 1.82) is 0 Å². The van der Waals surface area contributed by atoms with Gasteiger partial charge in [-0.05, 0) is 48.2 Å². The minimum Gasteiger partial charge on any atom is -0.493 e. The molecule has 5 nitrogen and oxygen atoms in total. The number of ether oxygens (including phenoxy) is 2. The summed E-state index contributed by atoms with van der Waals surface area (Å²) in [5.74, 6) is 1.15. The van der Waals surface area contributed by atoms with Gasteiger partial charge in [0.2, 0.25) is 10.0 Å². The second-order valence-electron chi connectivity index (χ2n) is 6.42. The van der Waals surface area contributed by atoms with E-state index in [1.165, 1.54) is 0 Å². The van der Waals surface area contributed by atoms with Crippen molar-refractivity contribution in [1.82, 2.24) is 4.31 Å². The van der Waals surface area contributed by atoms with Gasteiger partial charge < -0.3 is 9.47 Å². The smallest absolute Gasteiger partial charge is 0.218 e. The Morgan fingerprint density at radius 1 is 1.12 bits per heavy atom. The number of hydrogen-bond donors (Lipinski definition) is 0. The Morgan fingerprint density at radius 2 is 1.73 bits per heavy atom. The third-order valence-corrected chi connectivity index (χ3v) is 6.94. The number of benzene rings is 2. The molecule has 0 amide bonds. The molecule has 0 saturated heterocycles. The molecule has 0 fully saturated rings. The summed E-state index contributed by atoms with van der Waals surface area (Å²) in [7, 11) is -0.344. The normalized spacial score (nSPS) is 17.6. The predicted molar refractivity (Wildman–Crippen MR) is 102 cm³/mol. The number of sulfonamides is 1. The zero-order valence-corrected chi connectivity index (χ0v) is 16.6. The highest BCUT2D eigenvalue weighted by Crippen LogP contribution is 2.36. The van der Waals surface area contributed by atoms with E-state index in [0.717, 1.165) is 11.1 Å². The summed E-state index contributed by atoms with van der Waals surface area (Å²) >= 11 is 6.15. The molecular formula is C19H22ClNO4S. The molecule has 0 spiro atoms. The molecule has 0 aliphatic carbocycles. The number of fused-ring (bicyclic) bond motifs is 1. The van der Waals surface area contributed by atoms with Gasteiger partial charge in [0.15, 0.2) is 11.5 Å². The fraction of sp³-hybridized carbons (Fsp3) is 0.368. The average Bonchev–Trinajstić information content (AvgIpc) is 2.61. The van der Waals surface area contributed by atoms with Gasteiger partial charge in [-0.2, -0.15) is 4.31 Å². The lowest BCUT2D eigenvalue weighted by molar-refractivity contribution is 0.304. The van der Waals surface area contributed by atoms with Crippen LogP contribution < -0.4 is 9.47 Å². The number of rotatable bonds is 5. The van der Waals surface area contributed by atoms with Crippen LogP contribution in [0.15, 0.2) is 36.4 Å². The summed E-state index contributed by atoms with van der Waals surface area (Å²) in [6.07, 6.45) is 0.622. The first kappa shape index (κ1) is 19.0. The Labute approximate surface area is 159 Å². The monoisotopic (exact) mass is 395 g/mol. The predicted octanol–water partition coefficient (Wildman–Crippen LogP) is 3.63. The maximum atomic E-state index is 13.0. The van der Waals surface area contributed by atoms with Gasteiger partial charge in [0.25, 0.3) is 0 Å². The molecule has 0 bridgehead atoms. The van der Waals surface area contributed by atoms with Crippen LogP contribution in [0.2, 0.25) is 5.02 Å². The summed E-state index contributed by atoms with van der Waals surface area (Å²) in [6.45, 7) is 2.23. The quantitative estimate of drug-likeness (QED) is 0.775. The molecule has 1 aliphatic rings. The lowest BCUT2D eigenvalue weighted by Gasteiger charge is -2.34. The molecule has 2 aromatic rings. The average molecular weight is 396 g/mol. The second-order valence-corrected chi connectivity index (χ2v) is 8.75. The van der Waals surface area contributed by atoms with E-state index >= 15 is 0 Å². The molecule has 7 heteroatoms. The maximum absolute atomic E-state index is 13.0. The first-order valence-corrected chi connectivity index (χ1v) is 10.3. The molecule has 1 atom stereocenters. The Kier molecular flexibility index (Phi) is 5.46. The lowest BCUT2D eigenvalue weighted by Crippen LogP contribution is -2.43. The van der Waals surface area contributed by atoms with Crippen molar-refractivity contribution in [3.63, 3.8) is 0 Å². The Hall–Kier alpha value is -1.76. The Balaban J connectivity index is 1.91. The maximum Gasteiger partial charge on any atom is 0.218 e. The zero-order chi connectivity index (χ0) is 18.9. The van der Waals surface area contributed by atoms with Crippen molar-refractivity contribution in [3.8, 4) is 11.5 Å². The van der Waals surface area contributed by atoms with Crippen LogP contribution in [-0.2, 0) is 28.7 Å². The summed E-state index contributed by atoms with van der Waals surface area (Å²) in [5, 5.41) is 0.465. The number of methoxy groups -OCH3 is 2. The van der Waals surface area contributed by atoms with Gasteiger partial charge in [0.05, 0.1) is 20.0 Å². The molecule has 0 radical (unpaired) electrons. The topological polar surface area (TPSA) is 55.8 Å². The van der Waals surface area contributed by atoms with Gasteiger partial charge >= 0.3 is 0 Å². The van der Waals surface area contributed by atoms with Gasteiger partial charge in [0.1, 0.15) is 0 Å². The van der Waals surface area contributed by atoms with Gasteiger partial charge in [-0.15, -0.1) is 0 Å². The zero-order valence-electron chi connectivity index (χ0n) is 15.0. The highest BCUT2D eigenvalue weighted by atomic mass is 35.5. The standard InChI is InChI=1S/C19H22ClNO4S/c1-13-8-15-9-18(24-2)19(25-3)10-16(15)11-21(13)26(22,23)12-14-6-4-5-7-17(14)20/h4-7,9-10,13H,8,11-12H2,1-3H3. The molecule has 2 aromatic carbocycles. The van der Waals surface area contributed by atoms with Crippen molar-refractivity contribution >= 4 is 21.6 Å². The Bertz CT molecular complexity index is 914. The fourth-order valence-corrected chi connectivity index (χ4v) is 5.36. The van der Waals surface area contributed by atoms with Gasteiger partial charge in [-0.3, -0.25) is 0 Å². The first-order chi connectivity index (χ1) is 12.4. The van der Waals surface area contributed by atoms with E-state index in [2.05, 4.69) is 0 Å². The summed E-state index contributed by atoms with van der Waals surface area (Å²) < 4.78 is 38.3. The van der Waals surface area contributed by atoms with E-state index in [9.17, 15) is 8.42 Å². The van der Waals surface area contributed by atoms with Gasteiger partial charge in [-0.25, -0.2) is 8.42 Å². The molecule has 1 heterocycles. The van der Waals surface area contributed by atoms with E-state index < -0.39 is 10.0 Å². The fourth-order valence-electron chi connectivity index (χ4n) is 3.31. The minimum absolute atomic E-state index is 0.111. The molecule has 1 unspecified atom stereocenters. The van der Waals surface area contributed by atoms with Crippen LogP contribution >= 0.6 is 11.6 Å². The third-order valence-electron chi connectivity index (χ3n) is 4.69. The first-order valence-electron chi connectivity index (χ1n) is 8.32. The summed E-state index contributed by atoms with van der Waals surface area (Å²) in [4.78, 5) is 0. The van der Waals surface area contributed by atoms with Crippen molar-refractivity contribution in [3.05, 3.63) is 58.1 Å². The van der Waals surface area contributed by atoms with Crippen LogP contribution in [0.5, 0.6) is 11.5 Å². The number of nitrogens with zero attached hydrogens (tertiary/aromatic N) is 1. The van der Waals surface area contributed by atoms with Gasteiger partial charge in [-0.1, -0.05) is 29.8 Å². The molecule has 0 saturated carbocycles. The summed E-state index contributed by atoms with van der Waals surface area (Å²) in [6, 6.07) is 10.7. The molecule has 0 N–H and O–H groups in total. The molecule has 0 aromatic heterocycles. The molecule has 140 valence electrons. The largest absolute Gasteiger partial charge is 0.493 e. The van der Waals surface area contributed by atoms with Crippen molar-refractivity contribution in [2.24, 2.45) is 0 Å². The van der Waals surface area contributed by atoms with Crippen LogP contribution in [0.4, 0.5) is 0 Å². The number of halogens is 1. The highest BCUT2D eigenvalue weighted by molar-refractivity contribution is 7.88. The van der Waals surface area contributed by atoms with Crippen molar-refractivity contribution in [2.45, 2.75) is 31.7 Å². The third kappa shape index (κ3) is 3.68. The van der Waals surface area contributed by atoms with E-state index in [4.69, 9.17) is 21.1 Å². The van der Waals surface area contributed by atoms with E-state index in [-0.39, 0.29) is 11.8 Å². The highest BCUT2D eigenvalue weighted by Gasteiger charge is 2.33. The molecular weight excluding hydrogens is 374 g/mol. The van der Waals surface area contributed by atoms with E-state index in [1.54, 1.807) is 42.8 Å². The number of hydrogen-bond acceptors (Lipinski definition) is 4. The Morgan fingerprint density at radius 3 is 2.35 bits per heavy atom. The minimum atomic E-state index is -3.51. The summed E-state index contributed by atoms with van der Waals surface area (Å²) in [5.41, 5.74) is 2.63. The van der Waals surface area contributed by atoms with Crippen LogP contribution in [0.3, 0.4) is 0 Å². The second kappa shape index (κ2) is 7.47. The van der Waals surface area contributed by atoms with Crippen LogP contribution in [0.1, 0.15) is 23.6 Å². The van der Waals surface area contributed by atoms with Crippen LogP contribution in [0.25, 0.3) is 0 Å². The van der Waals surface area contributed by atoms with E-state index in [1.807, 2.05) is 19.1 Å². The lowest BCUT2D eigenvalue weighted by atomic mass is 9.96. The van der Waals surface area contributed by atoms with Crippen molar-refractivity contribution < 1.29 is 17.9 Å². The van der Waals surface area contributed by atoms with E-state index in [0.29, 0.717) is 35.1 Å². The van der Waals surface area contributed by atoms with Crippen molar-refractivity contribution in [2.75, 3.05) is 14.2 Å². The molecule has 1 aliphatic heterocycles. The molecule has 26 heavy (non-hydrogen) atoms. The molecule has 3 rings (SSSR count). The van der Waals surface area contributed by atoms with Crippen LogP contribution in [0, 0.1) is 0 Å². The van der Waals surface area contributed by atoms with Gasteiger partial charge in [0, 0.05) is 17.6 Å². The SMILES string of the molecule is COc1cc2c(cc1OC)CN(S(=O)(=O)Cc1ccccc1Cl)C(C)C2. The van der Waals surface area contributed by atoms with Crippen LogP contribution in [-0.4, -0.2) is 33.0 Å².